The molecule has 4 nitrogen and oxygen atoms in total. The number of nitrogens with zero attached hydrogens (tertiary/aromatic N) is 1. The molecule has 1 saturated heterocycles. The second kappa shape index (κ2) is 6.36. The second-order valence-corrected chi connectivity index (χ2v) is 5.18. The Morgan fingerprint density at radius 1 is 1.24 bits per heavy atom. The average molecular weight is 240 g/mol. The first-order valence-electron chi connectivity index (χ1n) is 6.90. The summed E-state index contributed by atoms with van der Waals surface area (Å²) in [5, 5.41) is 0. The minimum Gasteiger partial charge on any atom is -0.370 e. The zero-order chi connectivity index (χ0) is 12.1. The van der Waals surface area contributed by atoms with Crippen molar-refractivity contribution in [3.8, 4) is 0 Å². The van der Waals surface area contributed by atoms with Crippen molar-refractivity contribution in [2.45, 2.75) is 44.6 Å². The van der Waals surface area contributed by atoms with Gasteiger partial charge in [0.05, 0.1) is 6.61 Å². The van der Waals surface area contributed by atoms with Crippen molar-refractivity contribution in [2.24, 2.45) is 11.7 Å². The highest BCUT2D eigenvalue weighted by Crippen LogP contribution is 2.35. The summed E-state index contributed by atoms with van der Waals surface area (Å²) >= 11 is 0. The second-order valence-electron chi connectivity index (χ2n) is 5.18. The standard InChI is InChI=1S/C13H24N2O2/c14-7-9-17-10-13(16)15-8-3-5-11-4-1-2-6-12(11)15/h11-12H,1-10,14H2. The van der Waals surface area contributed by atoms with Gasteiger partial charge in [0.1, 0.15) is 6.61 Å². The molecular weight excluding hydrogens is 216 g/mol. The smallest absolute Gasteiger partial charge is 0.248 e. The zero-order valence-electron chi connectivity index (χ0n) is 10.6. The highest BCUT2D eigenvalue weighted by atomic mass is 16.5. The van der Waals surface area contributed by atoms with Gasteiger partial charge in [-0.15, -0.1) is 0 Å². The Morgan fingerprint density at radius 2 is 2.00 bits per heavy atom. The molecule has 17 heavy (non-hydrogen) atoms. The van der Waals surface area contributed by atoms with E-state index in [0.717, 1.165) is 18.9 Å². The van der Waals surface area contributed by atoms with Crippen LogP contribution in [-0.4, -0.2) is 43.2 Å². The van der Waals surface area contributed by atoms with Crippen molar-refractivity contribution < 1.29 is 9.53 Å². The molecule has 0 aromatic heterocycles. The lowest BCUT2D eigenvalue weighted by molar-refractivity contribution is -0.142. The number of nitrogens with two attached hydrogens (primary N) is 1. The molecule has 98 valence electrons. The molecule has 0 aromatic carbocycles. The minimum atomic E-state index is 0.162. The maximum atomic E-state index is 12.1. The molecule has 0 radical (unpaired) electrons. The molecule has 1 amide bonds. The minimum absolute atomic E-state index is 0.162. The number of amides is 1. The molecule has 0 aromatic rings. The van der Waals surface area contributed by atoms with Gasteiger partial charge in [-0.05, 0) is 31.6 Å². The van der Waals surface area contributed by atoms with Gasteiger partial charge >= 0.3 is 0 Å². The average Bonchev–Trinajstić information content (AvgIpc) is 2.38. The number of likely N-dealkylation sites (tertiary alicyclic amines) is 1. The number of carbonyl (C=O) groups excluding carboxylic acids is 1. The summed E-state index contributed by atoms with van der Waals surface area (Å²) in [6, 6.07) is 0.492. The van der Waals surface area contributed by atoms with Crippen LogP contribution in [0.2, 0.25) is 0 Å². The Morgan fingerprint density at radius 3 is 2.82 bits per heavy atom. The summed E-state index contributed by atoms with van der Waals surface area (Å²) in [5.41, 5.74) is 5.35. The van der Waals surface area contributed by atoms with E-state index in [9.17, 15) is 4.79 Å². The van der Waals surface area contributed by atoms with Crippen LogP contribution in [0.25, 0.3) is 0 Å². The quantitative estimate of drug-likeness (QED) is 0.750. The number of fused-ring (bicyclic) bond motifs is 1. The number of piperidine rings is 1. The van der Waals surface area contributed by atoms with Gasteiger partial charge in [0.25, 0.3) is 0 Å². The molecule has 1 heterocycles. The van der Waals surface area contributed by atoms with E-state index in [-0.39, 0.29) is 12.5 Å². The molecule has 0 spiro atoms. The van der Waals surface area contributed by atoms with E-state index < -0.39 is 0 Å². The van der Waals surface area contributed by atoms with Crippen molar-refractivity contribution >= 4 is 5.91 Å². The van der Waals surface area contributed by atoms with Gasteiger partial charge in [0.2, 0.25) is 5.91 Å². The fourth-order valence-electron chi connectivity index (χ4n) is 3.26. The summed E-state index contributed by atoms with van der Waals surface area (Å²) < 4.78 is 5.26. The van der Waals surface area contributed by atoms with Crippen LogP contribution in [0, 0.1) is 5.92 Å². The molecule has 1 aliphatic carbocycles. The highest BCUT2D eigenvalue weighted by molar-refractivity contribution is 5.78. The Balaban J connectivity index is 1.87. The summed E-state index contributed by atoms with van der Waals surface area (Å²) in [4.78, 5) is 14.2. The van der Waals surface area contributed by atoms with Crippen LogP contribution in [0.5, 0.6) is 0 Å². The summed E-state index contributed by atoms with van der Waals surface area (Å²) in [5.74, 6) is 0.908. The van der Waals surface area contributed by atoms with Crippen LogP contribution in [0.1, 0.15) is 38.5 Å². The third-order valence-electron chi connectivity index (χ3n) is 4.05. The van der Waals surface area contributed by atoms with Gasteiger partial charge < -0.3 is 15.4 Å². The monoisotopic (exact) mass is 240 g/mol. The normalized spacial score (nSPS) is 28.9. The molecule has 1 aliphatic heterocycles. The molecule has 0 bridgehead atoms. The number of hydrogen-bond acceptors (Lipinski definition) is 3. The molecule has 2 aliphatic rings. The maximum absolute atomic E-state index is 12.1. The molecule has 2 rings (SSSR count). The van der Waals surface area contributed by atoms with Gasteiger partial charge in [-0.2, -0.15) is 0 Å². The predicted octanol–water partition coefficient (Wildman–Crippen LogP) is 1.14. The lowest BCUT2D eigenvalue weighted by Gasteiger charge is -2.44. The van der Waals surface area contributed by atoms with Crippen LogP contribution >= 0.6 is 0 Å². The molecule has 1 saturated carbocycles. The van der Waals surface area contributed by atoms with Crippen molar-refractivity contribution in [3.63, 3.8) is 0 Å². The molecule has 2 N–H and O–H groups in total. The Labute approximate surface area is 103 Å². The van der Waals surface area contributed by atoms with E-state index in [1.54, 1.807) is 0 Å². The summed E-state index contributed by atoms with van der Waals surface area (Å²) in [6.45, 7) is 2.10. The number of rotatable bonds is 4. The lowest BCUT2D eigenvalue weighted by atomic mass is 9.78. The number of carbonyl (C=O) groups is 1. The molecule has 2 atom stereocenters. The molecular formula is C13H24N2O2. The molecule has 4 heteroatoms. The van der Waals surface area contributed by atoms with Crippen LogP contribution in [-0.2, 0) is 9.53 Å². The fraction of sp³-hybridized carbons (Fsp3) is 0.923. The van der Waals surface area contributed by atoms with Crippen LogP contribution < -0.4 is 5.73 Å². The third kappa shape index (κ3) is 3.19. The van der Waals surface area contributed by atoms with Crippen molar-refractivity contribution in [1.29, 1.82) is 0 Å². The topological polar surface area (TPSA) is 55.6 Å². The lowest BCUT2D eigenvalue weighted by Crippen LogP contribution is -2.50. The summed E-state index contributed by atoms with van der Waals surface area (Å²) in [6.07, 6.45) is 7.56. The van der Waals surface area contributed by atoms with Crippen LogP contribution in [0.3, 0.4) is 0 Å². The van der Waals surface area contributed by atoms with Crippen molar-refractivity contribution in [1.82, 2.24) is 4.90 Å². The Bertz CT molecular complexity index is 256. The van der Waals surface area contributed by atoms with Crippen LogP contribution in [0.4, 0.5) is 0 Å². The van der Waals surface area contributed by atoms with Gasteiger partial charge in [0.15, 0.2) is 0 Å². The van der Waals surface area contributed by atoms with Crippen molar-refractivity contribution in [3.05, 3.63) is 0 Å². The van der Waals surface area contributed by atoms with E-state index in [1.807, 2.05) is 0 Å². The Hall–Kier alpha value is -0.610. The van der Waals surface area contributed by atoms with Crippen LogP contribution in [0.15, 0.2) is 0 Å². The zero-order valence-corrected chi connectivity index (χ0v) is 10.6. The molecule has 2 fully saturated rings. The van der Waals surface area contributed by atoms with Gasteiger partial charge in [-0.1, -0.05) is 12.8 Å². The SMILES string of the molecule is NCCOCC(=O)N1CCCC2CCCCC21. The molecule has 2 unspecified atom stereocenters. The van der Waals surface area contributed by atoms with E-state index >= 15 is 0 Å². The van der Waals surface area contributed by atoms with E-state index in [0.29, 0.717) is 19.2 Å². The summed E-state index contributed by atoms with van der Waals surface area (Å²) in [7, 11) is 0. The number of ether oxygens (including phenoxy) is 1. The first-order chi connectivity index (χ1) is 8.33. The van der Waals surface area contributed by atoms with Gasteiger partial charge in [-0.3, -0.25) is 4.79 Å². The maximum Gasteiger partial charge on any atom is 0.248 e. The largest absolute Gasteiger partial charge is 0.370 e. The van der Waals surface area contributed by atoms with Gasteiger partial charge in [0, 0.05) is 19.1 Å². The first-order valence-corrected chi connectivity index (χ1v) is 6.90. The Kier molecular flexibility index (Phi) is 4.80. The van der Waals surface area contributed by atoms with Gasteiger partial charge in [-0.25, -0.2) is 0 Å². The third-order valence-corrected chi connectivity index (χ3v) is 4.05. The van der Waals surface area contributed by atoms with E-state index in [4.69, 9.17) is 10.5 Å². The van der Waals surface area contributed by atoms with Crippen molar-refractivity contribution in [2.75, 3.05) is 26.3 Å². The van der Waals surface area contributed by atoms with E-state index in [1.165, 1.54) is 32.1 Å². The number of hydrogen-bond donors (Lipinski definition) is 1. The fourth-order valence-corrected chi connectivity index (χ4v) is 3.26. The van der Waals surface area contributed by atoms with E-state index in [2.05, 4.69) is 4.90 Å². The predicted molar refractivity (Wildman–Crippen MR) is 66.6 cm³/mol. The first kappa shape index (κ1) is 12.8. The highest BCUT2D eigenvalue weighted by Gasteiger charge is 2.35.